The second-order valence-electron chi connectivity index (χ2n) is 3.68. The van der Waals surface area contributed by atoms with Gasteiger partial charge < -0.3 is 10.6 Å². The lowest BCUT2D eigenvalue weighted by Gasteiger charge is -2.30. The van der Waals surface area contributed by atoms with Crippen molar-refractivity contribution >= 4 is 34.8 Å². The number of carbonyl (C=O) groups is 1. The molecule has 1 aromatic carbocycles. The van der Waals surface area contributed by atoms with Gasteiger partial charge in [0, 0.05) is 10.6 Å². The number of halogens is 2. The molecule has 1 aliphatic rings. The van der Waals surface area contributed by atoms with Crippen LogP contribution in [0, 0.1) is 23.1 Å². The van der Waals surface area contributed by atoms with Gasteiger partial charge in [-0.15, -0.1) is 0 Å². The van der Waals surface area contributed by atoms with Gasteiger partial charge in [-0.3, -0.25) is 4.79 Å². The predicted octanol–water partition coefficient (Wildman–Crippen LogP) is 1.66. The van der Waals surface area contributed by atoms with Gasteiger partial charge in [0.05, 0.1) is 12.1 Å². The van der Waals surface area contributed by atoms with Crippen LogP contribution in [0.1, 0.15) is 11.6 Å². The summed E-state index contributed by atoms with van der Waals surface area (Å²) in [6.07, 6.45) is 0. The highest BCUT2D eigenvalue weighted by Gasteiger charge is 2.37. The molecule has 1 amide bonds. The molecule has 0 aromatic heterocycles. The molecule has 0 aliphatic carbocycles. The molecule has 1 fully saturated rings. The molecule has 0 radical (unpaired) electrons. The maximum absolute atomic E-state index is 13.8. The van der Waals surface area contributed by atoms with Gasteiger partial charge in [-0.05, 0) is 24.4 Å². The van der Waals surface area contributed by atoms with Crippen LogP contribution in [-0.2, 0) is 4.79 Å². The fourth-order valence-corrected chi connectivity index (χ4v) is 2.29. The lowest BCUT2D eigenvalue weighted by molar-refractivity contribution is -0.123. The van der Waals surface area contributed by atoms with E-state index in [2.05, 4.69) is 10.6 Å². The lowest BCUT2D eigenvalue weighted by atomic mass is 9.91. The molecular weight excluding hydrogens is 277 g/mol. The summed E-state index contributed by atoms with van der Waals surface area (Å²) in [4.78, 5) is 11.6. The molecule has 4 nitrogen and oxygen atoms in total. The first-order chi connectivity index (χ1) is 8.54. The molecule has 1 aromatic rings. The number of benzene rings is 1. The smallest absolute Gasteiger partial charge is 0.245 e. The van der Waals surface area contributed by atoms with Crippen molar-refractivity contribution in [3.8, 4) is 6.07 Å². The number of hydrogen-bond donors (Lipinski definition) is 2. The average molecular weight is 284 g/mol. The van der Waals surface area contributed by atoms with Crippen LogP contribution >= 0.6 is 23.8 Å². The van der Waals surface area contributed by atoms with Crippen molar-refractivity contribution < 1.29 is 9.18 Å². The third kappa shape index (κ3) is 2.15. The van der Waals surface area contributed by atoms with Crippen LogP contribution < -0.4 is 10.6 Å². The van der Waals surface area contributed by atoms with Crippen LogP contribution in [0.3, 0.4) is 0 Å². The number of hydrogen-bond acceptors (Lipinski definition) is 3. The van der Waals surface area contributed by atoms with Gasteiger partial charge in [0.1, 0.15) is 11.7 Å². The Morgan fingerprint density at radius 3 is 2.83 bits per heavy atom. The largest absolute Gasteiger partial charge is 0.354 e. The fraction of sp³-hybridized carbons (Fsp3) is 0.182. The number of carbonyl (C=O) groups excluding carboxylic acids is 1. The van der Waals surface area contributed by atoms with Crippen molar-refractivity contribution in [2.24, 2.45) is 5.92 Å². The van der Waals surface area contributed by atoms with E-state index in [-0.39, 0.29) is 15.7 Å². The minimum absolute atomic E-state index is 0.0517. The van der Waals surface area contributed by atoms with Gasteiger partial charge in [-0.2, -0.15) is 5.26 Å². The van der Waals surface area contributed by atoms with Crippen molar-refractivity contribution in [2.45, 2.75) is 6.04 Å². The van der Waals surface area contributed by atoms with E-state index in [0.717, 1.165) is 0 Å². The summed E-state index contributed by atoms with van der Waals surface area (Å²) in [6.45, 7) is 0. The zero-order valence-corrected chi connectivity index (χ0v) is 10.5. The quantitative estimate of drug-likeness (QED) is 0.770. The third-order valence-electron chi connectivity index (χ3n) is 2.59. The Labute approximate surface area is 113 Å². The molecule has 0 unspecified atom stereocenters. The van der Waals surface area contributed by atoms with E-state index in [9.17, 15) is 9.18 Å². The molecule has 0 spiro atoms. The van der Waals surface area contributed by atoms with E-state index in [0.29, 0.717) is 0 Å². The fourth-order valence-electron chi connectivity index (χ4n) is 1.78. The van der Waals surface area contributed by atoms with Crippen molar-refractivity contribution in [1.82, 2.24) is 10.6 Å². The van der Waals surface area contributed by atoms with Crippen LogP contribution in [0.4, 0.5) is 4.39 Å². The molecule has 18 heavy (non-hydrogen) atoms. The second-order valence-corrected chi connectivity index (χ2v) is 4.50. The minimum atomic E-state index is -1.09. The summed E-state index contributed by atoms with van der Waals surface area (Å²) in [5.41, 5.74) is 0.0721. The summed E-state index contributed by atoms with van der Waals surface area (Å²) >= 11 is 10.7. The van der Waals surface area contributed by atoms with Crippen LogP contribution in [0.5, 0.6) is 0 Å². The number of nitrogens with zero attached hydrogens (tertiary/aromatic N) is 1. The molecule has 2 rings (SSSR count). The Morgan fingerprint density at radius 2 is 2.22 bits per heavy atom. The Balaban J connectivity index is 2.50. The van der Waals surface area contributed by atoms with Crippen LogP contribution in [-0.4, -0.2) is 11.0 Å². The molecule has 0 bridgehead atoms. The van der Waals surface area contributed by atoms with E-state index in [4.69, 9.17) is 29.1 Å². The monoisotopic (exact) mass is 283 g/mol. The van der Waals surface area contributed by atoms with E-state index < -0.39 is 23.7 Å². The zero-order valence-electron chi connectivity index (χ0n) is 8.91. The first-order valence-electron chi connectivity index (χ1n) is 4.99. The van der Waals surface area contributed by atoms with Crippen molar-refractivity contribution in [1.29, 1.82) is 5.26 Å². The van der Waals surface area contributed by atoms with Gasteiger partial charge in [0.15, 0.2) is 5.11 Å². The molecule has 2 atom stereocenters. The van der Waals surface area contributed by atoms with Crippen LogP contribution in [0.25, 0.3) is 0 Å². The molecule has 1 saturated heterocycles. The number of rotatable bonds is 1. The normalized spacial score (nSPS) is 22.9. The summed E-state index contributed by atoms with van der Waals surface area (Å²) in [6, 6.07) is 5.09. The SMILES string of the molecule is N#C[C@H]1C(=O)NC(=S)N[C@@H]1c1c(F)cccc1Cl. The number of thiocarbonyl (C=S) groups is 1. The summed E-state index contributed by atoms with van der Waals surface area (Å²) in [5.74, 6) is -2.24. The van der Waals surface area contributed by atoms with Crippen molar-refractivity contribution in [2.75, 3.05) is 0 Å². The number of nitrogens with one attached hydrogen (secondary N) is 2. The summed E-state index contributed by atoms with van der Waals surface area (Å²) in [7, 11) is 0. The van der Waals surface area contributed by atoms with Crippen molar-refractivity contribution in [3.05, 3.63) is 34.6 Å². The maximum Gasteiger partial charge on any atom is 0.245 e. The molecular formula is C11H7ClFN3OS. The molecule has 92 valence electrons. The van der Waals surface area contributed by atoms with E-state index >= 15 is 0 Å². The summed E-state index contributed by atoms with van der Waals surface area (Å²) in [5, 5.41) is 14.2. The van der Waals surface area contributed by atoms with Crippen molar-refractivity contribution in [3.63, 3.8) is 0 Å². The second kappa shape index (κ2) is 4.88. The Hall–Kier alpha value is -1.71. The average Bonchev–Trinajstić information content (AvgIpc) is 2.28. The molecule has 1 heterocycles. The van der Waals surface area contributed by atoms with Gasteiger partial charge in [0.25, 0.3) is 0 Å². The van der Waals surface area contributed by atoms with E-state index in [1.54, 1.807) is 0 Å². The lowest BCUT2D eigenvalue weighted by Crippen LogP contribution is -2.53. The van der Waals surface area contributed by atoms with Gasteiger partial charge in [0.2, 0.25) is 5.91 Å². The highest BCUT2D eigenvalue weighted by atomic mass is 35.5. The maximum atomic E-state index is 13.8. The summed E-state index contributed by atoms with van der Waals surface area (Å²) < 4.78 is 13.8. The molecule has 2 N–H and O–H groups in total. The van der Waals surface area contributed by atoms with Gasteiger partial charge in [-0.25, -0.2) is 4.39 Å². The van der Waals surface area contributed by atoms with Gasteiger partial charge >= 0.3 is 0 Å². The standard InChI is InChI=1S/C11H7ClFN3OS/c12-6-2-1-3-7(13)8(6)9-5(4-14)10(17)16-11(18)15-9/h1-3,5,9H,(H2,15,16,17,18)/t5-,9+/m1/s1. The molecule has 7 heteroatoms. The minimum Gasteiger partial charge on any atom is -0.354 e. The Morgan fingerprint density at radius 1 is 1.50 bits per heavy atom. The van der Waals surface area contributed by atoms with Gasteiger partial charge in [-0.1, -0.05) is 17.7 Å². The topological polar surface area (TPSA) is 64.9 Å². The van der Waals surface area contributed by atoms with Crippen LogP contribution in [0.2, 0.25) is 5.02 Å². The number of nitriles is 1. The van der Waals surface area contributed by atoms with Crippen LogP contribution in [0.15, 0.2) is 18.2 Å². The molecule has 0 saturated carbocycles. The van der Waals surface area contributed by atoms with E-state index in [1.807, 2.05) is 6.07 Å². The highest BCUT2D eigenvalue weighted by Crippen LogP contribution is 2.32. The highest BCUT2D eigenvalue weighted by molar-refractivity contribution is 7.80. The Bertz CT molecular complexity index is 552. The first-order valence-corrected chi connectivity index (χ1v) is 5.78. The number of amides is 1. The Kier molecular flexibility index (Phi) is 3.45. The predicted molar refractivity (Wildman–Crippen MR) is 67.1 cm³/mol. The first kappa shape index (κ1) is 12.7. The molecule has 1 aliphatic heterocycles. The zero-order chi connectivity index (χ0) is 13.3. The third-order valence-corrected chi connectivity index (χ3v) is 3.14. The van der Waals surface area contributed by atoms with E-state index in [1.165, 1.54) is 18.2 Å².